The summed E-state index contributed by atoms with van der Waals surface area (Å²) >= 11 is 5.66. The Morgan fingerprint density at radius 3 is 2.42 bits per heavy atom. The summed E-state index contributed by atoms with van der Waals surface area (Å²) in [5, 5.41) is 0. The van der Waals surface area contributed by atoms with E-state index in [9.17, 15) is 0 Å². The van der Waals surface area contributed by atoms with Gasteiger partial charge in [-0.3, -0.25) is 0 Å². The first-order valence-electron chi connectivity index (χ1n) is 4.63. The van der Waals surface area contributed by atoms with Crippen molar-refractivity contribution in [3.8, 4) is 0 Å². The SMILES string of the molecule is CC(CCCl)CCC(C)(C)O[SiH3]. The van der Waals surface area contributed by atoms with Gasteiger partial charge in [-0.15, -0.1) is 11.6 Å². The van der Waals surface area contributed by atoms with Crippen molar-refractivity contribution in [3.05, 3.63) is 0 Å². The van der Waals surface area contributed by atoms with Crippen LogP contribution < -0.4 is 0 Å². The minimum absolute atomic E-state index is 0.0901. The predicted octanol–water partition coefficient (Wildman–Crippen LogP) is 2.11. The fourth-order valence-corrected chi connectivity index (χ4v) is 1.60. The van der Waals surface area contributed by atoms with Crippen LogP contribution in [-0.2, 0) is 4.43 Å². The summed E-state index contributed by atoms with van der Waals surface area (Å²) in [5.74, 6) is 1.52. The lowest BCUT2D eigenvalue weighted by molar-refractivity contribution is 0.104. The molecule has 0 aliphatic heterocycles. The first kappa shape index (κ1) is 12.5. The van der Waals surface area contributed by atoms with Crippen LogP contribution >= 0.6 is 11.6 Å². The third kappa shape index (κ3) is 6.04. The van der Waals surface area contributed by atoms with Gasteiger partial charge in [-0.1, -0.05) is 6.92 Å². The van der Waals surface area contributed by atoms with Gasteiger partial charge in [-0.2, -0.15) is 0 Å². The van der Waals surface area contributed by atoms with Gasteiger partial charge in [0.2, 0.25) is 0 Å². The van der Waals surface area contributed by atoms with Crippen LogP contribution in [0.1, 0.15) is 40.0 Å². The van der Waals surface area contributed by atoms with Gasteiger partial charge >= 0.3 is 0 Å². The molecular weight excluding hydrogens is 188 g/mol. The highest BCUT2D eigenvalue weighted by atomic mass is 35.5. The second-order valence-corrected chi connectivity index (χ2v) is 4.87. The molecule has 0 heterocycles. The molecule has 0 aromatic carbocycles. The maximum Gasteiger partial charge on any atom is 0.146 e. The van der Waals surface area contributed by atoms with Gasteiger partial charge in [0.05, 0.1) is 0 Å². The van der Waals surface area contributed by atoms with Crippen LogP contribution in [0.3, 0.4) is 0 Å². The zero-order valence-corrected chi connectivity index (χ0v) is 11.4. The third-order valence-electron chi connectivity index (χ3n) is 2.39. The van der Waals surface area contributed by atoms with Crippen molar-refractivity contribution in [2.75, 3.05) is 5.88 Å². The van der Waals surface area contributed by atoms with Crippen LogP contribution in [0.2, 0.25) is 0 Å². The largest absolute Gasteiger partial charge is 0.423 e. The lowest BCUT2D eigenvalue weighted by Crippen LogP contribution is -2.23. The molecule has 0 spiro atoms. The second-order valence-electron chi connectivity index (χ2n) is 4.09. The quantitative estimate of drug-likeness (QED) is 0.480. The lowest BCUT2D eigenvalue weighted by atomic mass is 9.95. The van der Waals surface area contributed by atoms with Crippen molar-refractivity contribution < 1.29 is 4.43 Å². The molecule has 12 heavy (non-hydrogen) atoms. The number of hydrogen-bond acceptors (Lipinski definition) is 1. The Morgan fingerprint density at radius 2 is 2.00 bits per heavy atom. The van der Waals surface area contributed by atoms with Crippen molar-refractivity contribution >= 4 is 22.1 Å². The Morgan fingerprint density at radius 1 is 1.42 bits per heavy atom. The smallest absolute Gasteiger partial charge is 0.146 e. The number of alkyl halides is 1. The molecule has 0 aromatic rings. The molecule has 0 aromatic heterocycles. The van der Waals surface area contributed by atoms with E-state index in [1.807, 2.05) is 0 Å². The third-order valence-corrected chi connectivity index (χ3v) is 3.72. The van der Waals surface area contributed by atoms with Crippen LogP contribution in [0.25, 0.3) is 0 Å². The zero-order chi connectivity index (χ0) is 9.61. The molecule has 0 aliphatic carbocycles. The molecule has 0 amide bonds. The lowest BCUT2D eigenvalue weighted by Gasteiger charge is -2.25. The number of hydrogen-bond donors (Lipinski definition) is 0. The van der Waals surface area contributed by atoms with Crippen LogP contribution in [0, 0.1) is 5.92 Å². The van der Waals surface area contributed by atoms with Gasteiger partial charge < -0.3 is 4.43 Å². The molecule has 0 saturated heterocycles. The maximum atomic E-state index is 5.66. The Hall–Kier alpha value is 0.467. The molecule has 0 fully saturated rings. The molecule has 0 aliphatic rings. The Bertz CT molecular complexity index is 117. The van der Waals surface area contributed by atoms with E-state index in [1.165, 1.54) is 6.42 Å². The predicted molar refractivity (Wildman–Crippen MR) is 58.8 cm³/mol. The van der Waals surface area contributed by atoms with Gasteiger partial charge in [-0.05, 0) is 39.0 Å². The Kier molecular flexibility index (Phi) is 6.24. The van der Waals surface area contributed by atoms with Crippen molar-refractivity contribution in [2.24, 2.45) is 5.92 Å². The molecule has 0 N–H and O–H groups in total. The van der Waals surface area contributed by atoms with Gasteiger partial charge in [0.25, 0.3) is 0 Å². The van der Waals surface area contributed by atoms with Crippen LogP contribution in [0.5, 0.6) is 0 Å². The van der Waals surface area contributed by atoms with E-state index in [1.54, 1.807) is 0 Å². The first-order valence-corrected chi connectivity index (χ1v) is 5.98. The highest BCUT2D eigenvalue weighted by Crippen LogP contribution is 2.20. The van der Waals surface area contributed by atoms with E-state index < -0.39 is 0 Å². The van der Waals surface area contributed by atoms with Gasteiger partial charge in [0.15, 0.2) is 0 Å². The van der Waals surface area contributed by atoms with Crippen LogP contribution in [0.4, 0.5) is 0 Å². The van der Waals surface area contributed by atoms with Crippen molar-refractivity contribution in [2.45, 2.75) is 45.6 Å². The van der Waals surface area contributed by atoms with Crippen LogP contribution in [-0.4, -0.2) is 22.0 Å². The maximum absolute atomic E-state index is 5.66. The summed E-state index contributed by atoms with van der Waals surface area (Å²) in [6, 6.07) is 0. The molecule has 0 bridgehead atoms. The standard InChI is InChI=1S/C9H21ClOSi/c1-8(5-7-10)4-6-9(2,3)11-12/h8H,4-7H2,1-3,12H3. The minimum Gasteiger partial charge on any atom is -0.423 e. The molecule has 1 nitrogen and oxygen atoms in total. The van der Waals surface area contributed by atoms with Gasteiger partial charge in [-0.25, -0.2) is 0 Å². The monoisotopic (exact) mass is 208 g/mol. The number of rotatable bonds is 6. The molecule has 3 heteroatoms. The molecule has 0 rings (SSSR count). The first-order chi connectivity index (χ1) is 5.52. The minimum atomic E-state index is 0.0901. The average molecular weight is 209 g/mol. The van der Waals surface area contributed by atoms with Crippen molar-refractivity contribution in [3.63, 3.8) is 0 Å². The van der Waals surface area contributed by atoms with E-state index in [0.29, 0.717) is 0 Å². The Labute approximate surface area is 84.4 Å². The summed E-state index contributed by atoms with van der Waals surface area (Å²) in [7, 11) is 0.834. The summed E-state index contributed by atoms with van der Waals surface area (Å²) in [6.07, 6.45) is 3.50. The van der Waals surface area contributed by atoms with Crippen LogP contribution in [0.15, 0.2) is 0 Å². The van der Waals surface area contributed by atoms with E-state index in [0.717, 1.165) is 35.1 Å². The van der Waals surface area contributed by atoms with E-state index in [-0.39, 0.29) is 5.60 Å². The summed E-state index contributed by atoms with van der Waals surface area (Å²) in [5.41, 5.74) is 0.0901. The molecule has 0 radical (unpaired) electrons. The van der Waals surface area contributed by atoms with E-state index >= 15 is 0 Å². The molecule has 1 unspecified atom stereocenters. The molecular formula is C9H21ClOSi. The second kappa shape index (κ2) is 6.00. The van der Waals surface area contributed by atoms with E-state index in [2.05, 4.69) is 20.8 Å². The summed E-state index contributed by atoms with van der Waals surface area (Å²) in [6.45, 7) is 6.58. The summed E-state index contributed by atoms with van der Waals surface area (Å²) in [4.78, 5) is 0. The highest BCUT2D eigenvalue weighted by molar-refractivity contribution is 6.17. The van der Waals surface area contributed by atoms with Gasteiger partial charge in [0, 0.05) is 11.5 Å². The summed E-state index contributed by atoms with van der Waals surface area (Å²) < 4.78 is 5.47. The topological polar surface area (TPSA) is 9.23 Å². The molecule has 0 saturated carbocycles. The fourth-order valence-electron chi connectivity index (χ4n) is 1.03. The average Bonchev–Trinajstić information content (AvgIpc) is 2.02. The number of halogens is 1. The normalized spacial score (nSPS) is 15.0. The molecule has 1 atom stereocenters. The van der Waals surface area contributed by atoms with E-state index in [4.69, 9.17) is 16.0 Å². The Balaban J connectivity index is 3.52. The van der Waals surface area contributed by atoms with Gasteiger partial charge in [0.1, 0.15) is 10.5 Å². The molecule has 74 valence electrons. The highest BCUT2D eigenvalue weighted by Gasteiger charge is 2.16. The van der Waals surface area contributed by atoms with Crippen molar-refractivity contribution in [1.29, 1.82) is 0 Å². The van der Waals surface area contributed by atoms with Crippen molar-refractivity contribution in [1.82, 2.24) is 0 Å². The zero-order valence-electron chi connectivity index (χ0n) is 8.69. The fraction of sp³-hybridized carbons (Fsp3) is 1.00.